The Labute approximate surface area is 163 Å². The Kier molecular flexibility index (Phi) is 5.68. The Morgan fingerprint density at radius 3 is 2.38 bits per heavy atom. The van der Waals surface area contributed by atoms with E-state index >= 15 is 0 Å². The van der Waals surface area contributed by atoms with Gasteiger partial charge in [-0.1, -0.05) is 40.2 Å². The average Bonchev–Trinajstić information content (AvgIpc) is 3.38. The molecule has 2 atom stereocenters. The monoisotopic (exact) mass is 417 g/mol. The summed E-state index contributed by atoms with van der Waals surface area (Å²) in [5.74, 6) is 0.990. The standard InChI is InChI=1S/C21H24BrNO3/c1-21(2,3)20(24)26-23-19-12-18(19)15-6-10-17(11-7-15)25-13-14-4-8-16(22)9-5-14/h4-11,18-19,23H,12-13H2,1-3H3. The maximum absolute atomic E-state index is 11.8. The minimum absolute atomic E-state index is 0.191. The fraction of sp³-hybridized carbons (Fsp3) is 0.381. The molecule has 1 N–H and O–H groups in total. The second-order valence-electron chi connectivity index (χ2n) is 7.69. The molecule has 1 fully saturated rings. The highest BCUT2D eigenvalue weighted by Gasteiger charge is 2.40. The van der Waals surface area contributed by atoms with Crippen LogP contribution < -0.4 is 10.2 Å². The van der Waals surface area contributed by atoms with Gasteiger partial charge in [0, 0.05) is 10.4 Å². The first-order valence-electron chi connectivity index (χ1n) is 8.77. The summed E-state index contributed by atoms with van der Waals surface area (Å²) in [7, 11) is 0. The van der Waals surface area contributed by atoms with Crippen molar-refractivity contribution < 1.29 is 14.4 Å². The average molecular weight is 418 g/mol. The van der Waals surface area contributed by atoms with Crippen molar-refractivity contribution in [2.24, 2.45) is 5.41 Å². The lowest BCUT2D eigenvalue weighted by Gasteiger charge is -2.16. The van der Waals surface area contributed by atoms with Gasteiger partial charge in [0.15, 0.2) is 0 Å². The van der Waals surface area contributed by atoms with Crippen molar-refractivity contribution in [3.05, 3.63) is 64.1 Å². The smallest absolute Gasteiger partial charge is 0.329 e. The third kappa shape index (κ3) is 5.08. The number of carbonyl (C=O) groups excluding carboxylic acids is 1. The van der Waals surface area contributed by atoms with Crippen molar-refractivity contribution >= 4 is 21.9 Å². The summed E-state index contributed by atoms with van der Waals surface area (Å²) >= 11 is 3.43. The minimum atomic E-state index is -0.495. The molecule has 0 aliphatic heterocycles. The number of benzene rings is 2. The van der Waals surface area contributed by atoms with Gasteiger partial charge in [-0.05, 0) is 62.6 Å². The van der Waals surface area contributed by atoms with Gasteiger partial charge in [0.2, 0.25) is 0 Å². The van der Waals surface area contributed by atoms with Gasteiger partial charge < -0.3 is 9.57 Å². The lowest BCUT2D eigenvalue weighted by atomic mass is 9.98. The fourth-order valence-corrected chi connectivity index (χ4v) is 2.80. The lowest BCUT2D eigenvalue weighted by Crippen LogP contribution is -2.31. The van der Waals surface area contributed by atoms with Crippen molar-refractivity contribution in [3.8, 4) is 5.75 Å². The zero-order valence-corrected chi connectivity index (χ0v) is 16.9. The van der Waals surface area contributed by atoms with Crippen LogP contribution in [0.5, 0.6) is 5.75 Å². The van der Waals surface area contributed by atoms with Crippen LogP contribution in [0.2, 0.25) is 0 Å². The van der Waals surface area contributed by atoms with E-state index in [4.69, 9.17) is 9.57 Å². The molecule has 3 rings (SSSR count). The van der Waals surface area contributed by atoms with Crippen molar-refractivity contribution in [3.63, 3.8) is 0 Å². The van der Waals surface area contributed by atoms with Crippen LogP contribution in [0.3, 0.4) is 0 Å². The number of hydrogen-bond acceptors (Lipinski definition) is 4. The Balaban J connectivity index is 1.46. The summed E-state index contributed by atoms with van der Waals surface area (Å²) in [6.45, 7) is 6.07. The van der Waals surface area contributed by atoms with E-state index in [1.165, 1.54) is 5.56 Å². The lowest BCUT2D eigenvalue weighted by molar-refractivity contribution is -0.161. The number of nitrogens with one attached hydrogen (secondary N) is 1. The van der Waals surface area contributed by atoms with E-state index in [0.29, 0.717) is 12.5 Å². The molecule has 2 unspecified atom stereocenters. The van der Waals surface area contributed by atoms with Gasteiger partial charge in [-0.3, -0.25) is 0 Å². The summed E-state index contributed by atoms with van der Waals surface area (Å²) in [5, 5.41) is 0. The first kappa shape index (κ1) is 18.9. The normalized spacial score (nSPS) is 19.1. The van der Waals surface area contributed by atoms with Gasteiger partial charge in [0.1, 0.15) is 12.4 Å². The van der Waals surface area contributed by atoms with Crippen LogP contribution in [0.4, 0.5) is 0 Å². The molecule has 1 aliphatic carbocycles. The van der Waals surface area contributed by atoms with Crippen LogP contribution in [0.25, 0.3) is 0 Å². The molecule has 0 amide bonds. The molecule has 4 nitrogen and oxygen atoms in total. The number of hydroxylamine groups is 1. The molecule has 0 heterocycles. The van der Waals surface area contributed by atoms with Crippen LogP contribution in [0.1, 0.15) is 44.2 Å². The molecule has 2 aromatic carbocycles. The summed E-state index contributed by atoms with van der Waals surface area (Å²) in [4.78, 5) is 17.0. The first-order valence-corrected chi connectivity index (χ1v) is 9.56. The second-order valence-corrected chi connectivity index (χ2v) is 8.61. The van der Waals surface area contributed by atoms with Crippen molar-refractivity contribution in [1.82, 2.24) is 5.48 Å². The zero-order valence-electron chi connectivity index (χ0n) is 15.3. The number of rotatable bonds is 6. The molecule has 0 radical (unpaired) electrons. The quantitative estimate of drug-likeness (QED) is 0.673. The molecule has 0 saturated heterocycles. The molecule has 0 aromatic heterocycles. The molecule has 26 heavy (non-hydrogen) atoms. The van der Waals surface area contributed by atoms with E-state index in [1.807, 2.05) is 57.2 Å². The van der Waals surface area contributed by atoms with Gasteiger partial charge in [0.25, 0.3) is 0 Å². The SMILES string of the molecule is CC(C)(C)C(=O)ONC1CC1c1ccc(OCc2ccc(Br)cc2)cc1. The van der Waals surface area contributed by atoms with Crippen molar-refractivity contribution in [1.29, 1.82) is 0 Å². The van der Waals surface area contributed by atoms with E-state index in [2.05, 4.69) is 33.5 Å². The molecular formula is C21H24BrNO3. The van der Waals surface area contributed by atoms with Crippen LogP contribution in [0.15, 0.2) is 53.0 Å². The Hall–Kier alpha value is -1.85. The first-order chi connectivity index (χ1) is 12.3. The summed E-state index contributed by atoms with van der Waals surface area (Å²) in [5.41, 5.74) is 4.75. The largest absolute Gasteiger partial charge is 0.489 e. The third-order valence-electron chi connectivity index (χ3n) is 4.33. The molecule has 0 spiro atoms. The highest BCUT2D eigenvalue weighted by Crippen LogP contribution is 2.41. The topological polar surface area (TPSA) is 47.6 Å². The molecule has 5 heteroatoms. The van der Waals surface area contributed by atoms with Crippen LogP contribution in [0, 0.1) is 5.41 Å². The van der Waals surface area contributed by atoms with Gasteiger partial charge >= 0.3 is 5.97 Å². The molecular weight excluding hydrogens is 394 g/mol. The fourth-order valence-electron chi connectivity index (χ4n) is 2.53. The highest BCUT2D eigenvalue weighted by atomic mass is 79.9. The van der Waals surface area contributed by atoms with E-state index < -0.39 is 5.41 Å². The minimum Gasteiger partial charge on any atom is -0.489 e. The molecule has 138 valence electrons. The van der Waals surface area contributed by atoms with Crippen molar-refractivity contribution in [2.45, 2.75) is 45.8 Å². The zero-order chi connectivity index (χ0) is 18.7. The van der Waals surface area contributed by atoms with E-state index in [-0.39, 0.29) is 12.0 Å². The van der Waals surface area contributed by atoms with Crippen molar-refractivity contribution in [2.75, 3.05) is 0 Å². The number of halogens is 1. The molecule has 0 bridgehead atoms. The van der Waals surface area contributed by atoms with E-state index in [9.17, 15) is 4.79 Å². The summed E-state index contributed by atoms with van der Waals surface area (Å²) in [6.07, 6.45) is 0.969. The van der Waals surface area contributed by atoms with Gasteiger partial charge in [-0.15, -0.1) is 5.48 Å². The molecule has 1 aliphatic rings. The van der Waals surface area contributed by atoms with Crippen LogP contribution in [-0.4, -0.2) is 12.0 Å². The van der Waals surface area contributed by atoms with E-state index in [1.54, 1.807) is 0 Å². The number of hydrogen-bond donors (Lipinski definition) is 1. The van der Waals surface area contributed by atoms with Crippen LogP contribution >= 0.6 is 15.9 Å². The van der Waals surface area contributed by atoms with Gasteiger partial charge in [-0.25, -0.2) is 4.79 Å². The third-order valence-corrected chi connectivity index (χ3v) is 4.86. The maximum atomic E-state index is 11.8. The predicted octanol–water partition coefficient (Wildman–Crippen LogP) is 4.98. The summed E-state index contributed by atoms with van der Waals surface area (Å²) < 4.78 is 6.89. The number of carbonyl (C=O) groups is 1. The maximum Gasteiger partial charge on any atom is 0.329 e. The highest BCUT2D eigenvalue weighted by molar-refractivity contribution is 9.10. The Morgan fingerprint density at radius 1 is 1.12 bits per heavy atom. The number of ether oxygens (including phenoxy) is 1. The van der Waals surface area contributed by atoms with Gasteiger partial charge in [0.05, 0.1) is 11.5 Å². The predicted molar refractivity (Wildman–Crippen MR) is 105 cm³/mol. The summed E-state index contributed by atoms with van der Waals surface area (Å²) in [6, 6.07) is 16.4. The second kappa shape index (κ2) is 7.80. The van der Waals surface area contributed by atoms with Gasteiger partial charge in [-0.2, -0.15) is 0 Å². The molecule has 1 saturated carbocycles. The van der Waals surface area contributed by atoms with E-state index in [0.717, 1.165) is 22.2 Å². The molecule has 2 aromatic rings. The Bertz CT molecular complexity index is 750. The van der Waals surface area contributed by atoms with Crippen LogP contribution in [-0.2, 0) is 16.2 Å². The Morgan fingerprint density at radius 2 is 1.77 bits per heavy atom.